The Bertz CT molecular complexity index is 369. The average Bonchev–Trinajstić information content (AvgIpc) is 2.22. The second-order valence-corrected chi connectivity index (χ2v) is 2.72. The first-order chi connectivity index (χ1) is 7.22. The SMILES string of the molecule is C#CCNCC(=O)Nc1ccc(F)cn1. The minimum Gasteiger partial charge on any atom is -0.310 e. The van der Waals surface area contributed by atoms with Crippen LogP contribution in [-0.4, -0.2) is 24.0 Å². The van der Waals surface area contributed by atoms with Crippen LogP contribution in [0.2, 0.25) is 0 Å². The maximum atomic E-state index is 12.5. The summed E-state index contributed by atoms with van der Waals surface area (Å²) in [5.74, 6) is 1.93. The maximum absolute atomic E-state index is 12.5. The van der Waals surface area contributed by atoms with Crippen LogP contribution < -0.4 is 10.6 Å². The van der Waals surface area contributed by atoms with Crippen LogP contribution in [0.15, 0.2) is 18.3 Å². The fraction of sp³-hybridized carbons (Fsp3) is 0.200. The van der Waals surface area contributed by atoms with Gasteiger partial charge < -0.3 is 5.32 Å². The number of nitrogens with zero attached hydrogens (tertiary/aromatic N) is 1. The summed E-state index contributed by atoms with van der Waals surface area (Å²) >= 11 is 0. The van der Waals surface area contributed by atoms with Crippen LogP contribution in [0.4, 0.5) is 10.2 Å². The molecule has 0 aliphatic heterocycles. The fourth-order valence-corrected chi connectivity index (χ4v) is 0.885. The number of hydrogen-bond donors (Lipinski definition) is 2. The number of rotatable bonds is 4. The largest absolute Gasteiger partial charge is 0.310 e. The average molecular weight is 207 g/mol. The zero-order valence-electron chi connectivity index (χ0n) is 7.96. The lowest BCUT2D eigenvalue weighted by molar-refractivity contribution is -0.115. The zero-order valence-corrected chi connectivity index (χ0v) is 7.96. The van der Waals surface area contributed by atoms with Gasteiger partial charge in [-0.3, -0.25) is 10.1 Å². The van der Waals surface area contributed by atoms with E-state index in [0.29, 0.717) is 12.4 Å². The van der Waals surface area contributed by atoms with Crippen LogP contribution in [0, 0.1) is 18.2 Å². The molecule has 4 nitrogen and oxygen atoms in total. The number of carbonyl (C=O) groups is 1. The summed E-state index contributed by atoms with van der Waals surface area (Å²) in [6.07, 6.45) is 6.02. The van der Waals surface area contributed by atoms with E-state index in [1.165, 1.54) is 12.1 Å². The molecule has 1 aromatic rings. The quantitative estimate of drug-likeness (QED) is 0.554. The van der Waals surface area contributed by atoms with E-state index in [4.69, 9.17) is 6.42 Å². The van der Waals surface area contributed by atoms with Gasteiger partial charge in [-0.2, -0.15) is 0 Å². The van der Waals surface area contributed by atoms with Crippen LogP contribution in [0.1, 0.15) is 0 Å². The van der Waals surface area contributed by atoms with Crippen LogP contribution in [0.25, 0.3) is 0 Å². The minimum absolute atomic E-state index is 0.100. The first-order valence-corrected chi connectivity index (χ1v) is 4.28. The molecule has 78 valence electrons. The van der Waals surface area contributed by atoms with E-state index < -0.39 is 5.82 Å². The van der Waals surface area contributed by atoms with Gasteiger partial charge in [-0.05, 0) is 12.1 Å². The summed E-state index contributed by atoms with van der Waals surface area (Å²) in [5, 5.41) is 5.20. The van der Waals surface area contributed by atoms with Crippen molar-refractivity contribution >= 4 is 11.7 Å². The lowest BCUT2D eigenvalue weighted by atomic mass is 10.4. The van der Waals surface area contributed by atoms with Crippen LogP contribution in [0.3, 0.4) is 0 Å². The Morgan fingerprint density at radius 1 is 1.60 bits per heavy atom. The van der Waals surface area contributed by atoms with Crippen molar-refractivity contribution in [2.75, 3.05) is 18.4 Å². The van der Waals surface area contributed by atoms with E-state index in [9.17, 15) is 9.18 Å². The number of aromatic nitrogens is 1. The molecule has 0 spiro atoms. The van der Waals surface area contributed by atoms with Crippen molar-refractivity contribution in [2.24, 2.45) is 0 Å². The van der Waals surface area contributed by atoms with Gasteiger partial charge in [-0.25, -0.2) is 9.37 Å². The molecule has 0 aliphatic rings. The fourth-order valence-electron chi connectivity index (χ4n) is 0.885. The van der Waals surface area contributed by atoms with Crippen LogP contribution in [0.5, 0.6) is 0 Å². The molecule has 0 unspecified atom stereocenters. The normalized spacial score (nSPS) is 9.33. The highest BCUT2D eigenvalue weighted by Crippen LogP contribution is 2.02. The molecular formula is C10H10FN3O. The number of halogens is 1. The second kappa shape index (κ2) is 5.73. The van der Waals surface area contributed by atoms with E-state index in [1.54, 1.807) is 0 Å². The maximum Gasteiger partial charge on any atom is 0.239 e. The van der Waals surface area contributed by atoms with Gasteiger partial charge in [0.2, 0.25) is 5.91 Å². The van der Waals surface area contributed by atoms with Gasteiger partial charge in [0.1, 0.15) is 11.6 Å². The Labute approximate surface area is 86.9 Å². The van der Waals surface area contributed by atoms with E-state index in [0.717, 1.165) is 6.20 Å². The molecule has 0 atom stereocenters. The third kappa shape index (κ3) is 4.20. The van der Waals surface area contributed by atoms with Gasteiger partial charge in [0.15, 0.2) is 0 Å². The molecule has 0 aromatic carbocycles. The molecule has 1 heterocycles. The number of anilines is 1. The number of carbonyl (C=O) groups excluding carboxylic acids is 1. The summed E-state index contributed by atoms with van der Waals surface area (Å²) in [6, 6.07) is 2.60. The third-order valence-electron chi connectivity index (χ3n) is 1.51. The highest BCUT2D eigenvalue weighted by atomic mass is 19.1. The predicted octanol–water partition coefficient (Wildman–Crippen LogP) is 0.382. The van der Waals surface area contributed by atoms with Crippen molar-refractivity contribution in [3.05, 3.63) is 24.1 Å². The molecule has 0 fully saturated rings. The van der Waals surface area contributed by atoms with Gasteiger partial charge in [0.05, 0.1) is 19.3 Å². The van der Waals surface area contributed by atoms with Crippen molar-refractivity contribution in [2.45, 2.75) is 0 Å². The molecule has 1 amide bonds. The lowest BCUT2D eigenvalue weighted by Gasteiger charge is -2.03. The first-order valence-electron chi connectivity index (χ1n) is 4.28. The highest BCUT2D eigenvalue weighted by molar-refractivity contribution is 5.91. The second-order valence-electron chi connectivity index (χ2n) is 2.72. The summed E-state index contributed by atoms with van der Waals surface area (Å²) < 4.78 is 12.5. The Hall–Kier alpha value is -1.93. The first kappa shape index (κ1) is 11.1. The van der Waals surface area contributed by atoms with Crippen LogP contribution >= 0.6 is 0 Å². The predicted molar refractivity (Wildman–Crippen MR) is 54.5 cm³/mol. The van der Waals surface area contributed by atoms with Gasteiger partial charge in [0.25, 0.3) is 0 Å². The number of hydrogen-bond acceptors (Lipinski definition) is 3. The van der Waals surface area contributed by atoms with E-state index in [-0.39, 0.29) is 12.5 Å². The molecule has 0 bridgehead atoms. The summed E-state index contributed by atoms with van der Waals surface area (Å²) in [7, 11) is 0. The minimum atomic E-state index is -0.446. The third-order valence-corrected chi connectivity index (χ3v) is 1.51. The number of pyridine rings is 1. The Morgan fingerprint density at radius 2 is 2.40 bits per heavy atom. The number of nitrogens with one attached hydrogen (secondary N) is 2. The monoisotopic (exact) mass is 207 g/mol. The zero-order chi connectivity index (χ0) is 11.1. The summed E-state index contributed by atoms with van der Waals surface area (Å²) in [5.41, 5.74) is 0. The summed E-state index contributed by atoms with van der Waals surface area (Å²) in [4.78, 5) is 14.9. The van der Waals surface area contributed by atoms with E-state index in [1.807, 2.05) is 0 Å². The molecule has 0 saturated heterocycles. The molecule has 1 rings (SSSR count). The topological polar surface area (TPSA) is 54.0 Å². The highest BCUT2D eigenvalue weighted by Gasteiger charge is 2.01. The van der Waals surface area contributed by atoms with Crippen molar-refractivity contribution in [3.63, 3.8) is 0 Å². The van der Waals surface area contributed by atoms with Gasteiger partial charge >= 0.3 is 0 Å². The number of amides is 1. The van der Waals surface area contributed by atoms with Crippen molar-refractivity contribution in [1.29, 1.82) is 0 Å². The van der Waals surface area contributed by atoms with E-state index >= 15 is 0 Å². The van der Waals surface area contributed by atoms with Gasteiger partial charge in [-0.1, -0.05) is 5.92 Å². The van der Waals surface area contributed by atoms with Gasteiger partial charge in [0, 0.05) is 0 Å². The van der Waals surface area contributed by atoms with Crippen molar-refractivity contribution in [1.82, 2.24) is 10.3 Å². The van der Waals surface area contributed by atoms with E-state index in [2.05, 4.69) is 21.5 Å². The molecule has 15 heavy (non-hydrogen) atoms. The molecule has 0 aliphatic carbocycles. The van der Waals surface area contributed by atoms with Crippen molar-refractivity contribution in [3.8, 4) is 12.3 Å². The molecule has 2 N–H and O–H groups in total. The molecule has 1 aromatic heterocycles. The lowest BCUT2D eigenvalue weighted by Crippen LogP contribution is -2.28. The molecule has 0 radical (unpaired) electrons. The Kier molecular flexibility index (Phi) is 4.26. The number of terminal acetylenes is 1. The standard InChI is InChI=1S/C10H10FN3O/c1-2-5-12-7-10(15)14-9-4-3-8(11)6-13-9/h1,3-4,6,12H,5,7H2,(H,13,14,15). The Balaban J connectivity index is 2.38. The van der Waals surface area contributed by atoms with Crippen LogP contribution in [-0.2, 0) is 4.79 Å². The molecule has 5 heteroatoms. The molecule has 0 saturated carbocycles. The summed E-state index contributed by atoms with van der Waals surface area (Å²) in [6.45, 7) is 0.424. The smallest absolute Gasteiger partial charge is 0.239 e. The van der Waals surface area contributed by atoms with Gasteiger partial charge in [-0.15, -0.1) is 6.42 Å². The molecular weight excluding hydrogens is 197 g/mol. The Morgan fingerprint density at radius 3 is 3.00 bits per heavy atom. The van der Waals surface area contributed by atoms with Crippen molar-refractivity contribution < 1.29 is 9.18 Å².